The number of carbonyl (C=O) groups is 1. The predicted octanol–water partition coefficient (Wildman–Crippen LogP) is 2.27. The van der Waals surface area contributed by atoms with Gasteiger partial charge in [-0.2, -0.15) is 0 Å². The number of nitrogens with zero attached hydrogens (tertiary/aromatic N) is 2. The molecule has 1 unspecified atom stereocenters. The second-order valence-electron chi connectivity index (χ2n) is 7.04. The molecule has 0 saturated carbocycles. The molecular formula is C20H15FN2O4. The summed E-state index contributed by atoms with van der Waals surface area (Å²) >= 11 is 0. The Kier molecular flexibility index (Phi) is 3.13. The number of hydrogen-bond acceptors (Lipinski definition) is 5. The summed E-state index contributed by atoms with van der Waals surface area (Å²) in [6, 6.07) is 4.94. The lowest BCUT2D eigenvalue weighted by Crippen LogP contribution is -2.32. The number of aromatic nitrogens is 2. The maximum Gasteiger partial charge on any atom is 0.340 e. The van der Waals surface area contributed by atoms with Crippen molar-refractivity contribution in [2.45, 2.75) is 33.1 Å². The Bertz CT molecular complexity index is 1250. The molecule has 0 amide bonds. The molecule has 0 radical (unpaired) electrons. The van der Waals surface area contributed by atoms with Gasteiger partial charge < -0.3 is 14.4 Å². The molecule has 0 fully saturated rings. The number of pyridine rings is 2. The maximum absolute atomic E-state index is 14.2. The number of benzene rings is 1. The summed E-state index contributed by atoms with van der Waals surface area (Å²) in [5, 5.41) is 11.0. The largest absolute Gasteiger partial charge is 0.458 e. The lowest BCUT2D eigenvalue weighted by molar-refractivity contribution is -0.157. The molecule has 2 aliphatic heterocycles. The first-order valence-electron chi connectivity index (χ1n) is 8.58. The van der Waals surface area contributed by atoms with Crippen LogP contribution in [0.15, 0.2) is 23.0 Å². The van der Waals surface area contributed by atoms with Crippen molar-refractivity contribution >= 4 is 16.9 Å². The summed E-state index contributed by atoms with van der Waals surface area (Å²) in [6.45, 7) is 3.75. The van der Waals surface area contributed by atoms with Crippen LogP contribution in [0, 0.1) is 19.7 Å². The Morgan fingerprint density at radius 1 is 1.22 bits per heavy atom. The molecule has 136 valence electrons. The van der Waals surface area contributed by atoms with Crippen LogP contribution < -0.4 is 5.56 Å². The van der Waals surface area contributed by atoms with Gasteiger partial charge in [-0.05, 0) is 37.1 Å². The van der Waals surface area contributed by atoms with Crippen molar-refractivity contribution in [2.24, 2.45) is 0 Å². The van der Waals surface area contributed by atoms with Crippen LogP contribution >= 0.6 is 0 Å². The fourth-order valence-corrected chi connectivity index (χ4v) is 3.90. The smallest absolute Gasteiger partial charge is 0.340 e. The average molecular weight is 366 g/mol. The van der Waals surface area contributed by atoms with Crippen molar-refractivity contribution < 1.29 is 19.0 Å². The highest BCUT2D eigenvalue weighted by Gasteiger charge is 2.33. The average Bonchev–Trinajstić information content (AvgIpc) is 3.00. The number of aliphatic hydroxyl groups is 1. The zero-order valence-electron chi connectivity index (χ0n) is 14.7. The van der Waals surface area contributed by atoms with Crippen LogP contribution in [0.5, 0.6) is 0 Å². The lowest BCUT2D eigenvalue weighted by Gasteiger charge is -2.21. The van der Waals surface area contributed by atoms with Crippen molar-refractivity contribution in [3.8, 4) is 11.4 Å². The first kappa shape index (κ1) is 16.1. The molecule has 27 heavy (non-hydrogen) atoms. The summed E-state index contributed by atoms with van der Waals surface area (Å²) in [6.07, 6.45) is -1.49. The van der Waals surface area contributed by atoms with E-state index in [1.54, 1.807) is 17.6 Å². The van der Waals surface area contributed by atoms with Gasteiger partial charge in [-0.1, -0.05) is 0 Å². The molecule has 0 spiro atoms. The van der Waals surface area contributed by atoms with E-state index in [0.717, 1.165) is 16.5 Å². The van der Waals surface area contributed by atoms with Gasteiger partial charge in [-0.15, -0.1) is 0 Å². The Morgan fingerprint density at radius 2 is 2.00 bits per heavy atom. The molecule has 1 N–H and O–H groups in total. The zero-order valence-corrected chi connectivity index (χ0v) is 14.7. The maximum atomic E-state index is 14.2. The van der Waals surface area contributed by atoms with Crippen LogP contribution in [-0.4, -0.2) is 20.6 Å². The van der Waals surface area contributed by atoms with Gasteiger partial charge in [0.15, 0.2) is 6.10 Å². The van der Waals surface area contributed by atoms with Crippen molar-refractivity contribution in [3.05, 3.63) is 62.2 Å². The standard InChI is InChI=1S/C20H15FN2O4/c1-8-9(2)14(21)5-15-11(8)3-10-6-23-16(17(10)22-15)4-12-13(19(23)25)7-27-20(26)18(12)24/h3-5,18,24H,6-7H2,1-2H3. The van der Waals surface area contributed by atoms with E-state index in [1.807, 2.05) is 13.0 Å². The number of rotatable bonds is 0. The third-order valence-electron chi connectivity index (χ3n) is 5.60. The lowest BCUT2D eigenvalue weighted by atomic mass is 9.99. The van der Waals surface area contributed by atoms with Gasteiger partial charge in [-0.3, -0.25) is 4.79 Å². The molecule has 0 saturated heterocycles. The van der Waals surface area contributed by atoms with E-state index in [0.29, 0.717) is 29.0 Å². The fraction of sp³-hybridized carbons (Fsp3) is 0.250. The van der Waals surface area contributed by atoms with Gasteiger partial charge in [-0.25, -0.2) is 14.2 Å². The number of hydrogen-bond donors (Lipinski definition) is 1. The van der Waals surface area contributed by atoms with Gasteiger partial charge in [0.05, 0.1) is 29.0 Å². The molecule has 2 aromatic heterocycles. The van der Waals surface area contributed by atoms with E-state index in [9.17, 15) is 19.1 Å². The minimum Gasteiger partial charge on any atom is -0.458 e. The molecule has 0 aliphatic carbocycles. The highest BCUT2D eigenvalue weighted by Crippen LogP contribution is 2.36. The Morgan fingerprint density at radius 3 is 2.78 bits per heavy atom. The monoisotopic (exact) mass is 366 g/mol. The topological polar surface area (TPSA) is 81.4 Å². The Labute approximate surface area is 152 Å². The van der Waals surface area contributed by atoms with E-state index >= 15 is 0 Å². The zero-order chi connectivity index (χ0) is 19.0. The summed E-state index contributed by atoms with van der Waals surface area (Å²) < 4.78 is 20.6. The molecule has 6 nitrogen and oxygen atoms in total. The third-order valence-corrected chi connectivity index (χ3v) is 5.60. The van der Waals surface area contributed by atoms with E-state index < -0.39 is 12.1 Å². The molecular weight excluding hydrogens is 351 g/mol. The van der Waals surface area contributed by atoms with Crippen LogP contribution in [-0.2, 0) is 22.7 Å². The Hall–Kier alpha value is -3.06. The van der Waals surface area contributed by atoms with Gasteiger partial charge >= 0.3 is 5.97 Å². The van der Waals surface area contributed by atoms with Crippen LogP contribution in [0.2, 0.25) is 0 Å². The molecule has 3 aromatic rings. The summed E-state index contributed by atoms with van der Waals surface area (Å²) in [4.78, 5) is 29.1. The molecule has 7 heteroatoms. The second kappa shape index (κ2) is 5.23. The minimum absolute atomic E-state index is 0.153. The number of aliphatic hydroxyl groups excluding tert-OH is 1. The van der Waals surface area contributed by atoms with Crippen molar-refractivity contribution in [3.63, 3.8) is 0 Å². The van der Waals surface area contributed by atoms with Gasteiger partial charge in [0.2, 0.25) is 0 Å². The van der Waals surface area contributed by atoms with Crippen molar-refractivity contribution in [2.75, 3.05) is 0 Å². The Balaban J connectivity index is 1.80. The number of ether oxygens (including phenoxy) is 1. The number of aryl methyl sites for hydroxylation is 1. The summed E-state index contributed by atoms with van der Waals surface area (Å²) in [7, 11) is 0. The molecule has 1 atom stereocenters. The SMILES string of the molecule is Cc1c(F)cc2nc3c(cc2c1C)Cn1c-3cc2c(c1=O)COC(=O)C2O. The van der Waals surface area contributed by atoms with Crippen LogP contribution in [0.4, 0.5) is 4.39 Å². The van der Waals surface area contributed by atoms with E-state index in [2.05, 4.69) is 4.98 Å². The van der Waals surface area contributed by atoms with Crippen LogP contribution in [0.3, 0.4) is 0 Å². The van der Waals surface area contributed by atoms with Gasteiger partial charge in [0.25, 0.3) is 5.56 Å². The molecule has 0 bridgehead atoms. The normalized spacial score (nSPS) is 17.5. The van der Waals surface area contributed by atoms with E-state index in [1.165, 1.54) is 6.07 Å². The quantitative estimate of drug-likeness (QED) is 0.483. The summed E-state index contributed by atoms with van der Waals surface area (Å²) in [5.74, 6) is -1.10. The van der Waals surface area contributed by atoms with E-state index in [-0.39, 0.29) is 29.1 Å². The number of cyclic esters (lactones) is 1. The molecule has 1 aromatic carbocycles. The number of fused-ring (bicyclic) bond motifs is 5. The van der Waals surface area contributed by atoms with Crippen molar-refractivity contribution in [1.82, 2.24) is 9.55 Å². The summed E-state index contributed by atoms with van der Waals surface area (Å²) in [5.41, 5.74) is 4.05. The van der Waals surface area contributed by atoms with E-state index in [4.69, 9.17) is 4.74 Å². The highest BCUT2D eigenvalue weighted by molar-refractivity contribution is 5.88. The third kappa shape index (κ3) is 2.06. The molecule has 5 rings (SSSR count). The molecule has 4 heterocycles. The predicted molar refractivity (Wildman–Crippen MR) is 94.7 cm³/mol. The van der Waals surface area contributed by atoms with Crippen LogP contribution in [0.25, 0.3) is 22.3 Å². The van der Waals surface area contributed by atoms with Crippen LogP contribution in [0.1, 0.15) is 33.9 Å². The highest BCUT2D eigenvalue weighted by atomic mass is 19.1. The first-order chi connectivity index (χ1) is 12.9. The second-order valence-corrected chi connectivity index (χ2v) is 7.04. The van der Waals surface area contributed by atoms with Gasteiger partial charge in [0, 0.05) is 22.6 Å². The number of esters is 1. The first-order valence-corrected chi connectivity index (χ1v) is 8.58. The van der Waals surface area contributed by atoms with Crippen molar-refractivity contribution in [1.29, 1.82) is 0 Å². The number of halogens is 1. The number of carbonyl (C=O) groups excluding carboxylic acids is 1. The van der Waals surface area contributed by atoms with Gasteiger partial charge in [0.1, 0.15) is 12.4 Å². The minimum atomic E-state index is -1.49. The molecule has 2 aliphatic rings. The fourth-order valence-electron chi connectivity index (χ4n) is 3.90.